The van der Waals surface area contributed by atoms with Crippen molar-refractivity contribution in [2.75, 3.05) is 0 Å². The van der Waals surface area contributed by atoms with Gasteiger partial charge in [0.15, 0.2) is 0 Å². The molecule has 1 aromatic carbocycles. The summed E-state index contributed by atoms with van der Waals surface area (Å²) in [7, 11) is 0. The quantitative estimate of drug-likeness (QED) is 0.837. The number of nitriles is 1. The van der Waals surface area contributed by atoms with E-state index < -0.39 is 5.82 Å². The van der Waals surface area contributed by atoms with Crippen LogP contribution in [0.1, 0.15) is 32.2 Å². The first-order valence-corrected chi connectivity index (χ1v) is 6.12. The predicted molar refractivity (Wildman–Crippen MR) is 71.9 cm³/mol. The Kier molecular flexibility index (Phi) is 3.66. The summed E-state index contributed by atoms with van der Waals surface area (Å²) in [6, 6.07) is 7.58. The van der Waals surface area contributed by atoms with Gasteiger partial charge in [-0.05, 0) is 12.1 Å². The molecule has 0 atom stereocenters. The summed E-state index contributed by atoms with van der Waals surface area (Å²) in [5, 5.41) is 8.96. The van der Waals surface area contributed by atoms with Crippen LogP contribution in [0, 0.1) is 17.1 Å². The molecule has 0 unspecified atom stereocenters. The van der Waals surface area contributed by atoms with Crippen LogP contribution in [-0.4, -0.2) is 9.97 Å². The topological polar surface area (TPSA) is 58.8 Å². The monoisotopic (exact) mass is 271 g/mol. The molecule has 0 amide bonds. The molecule has 0 aliphatic heterocycles. The van der Waals surface area contributed by atoms with Crippen LogP contribution in [-0.2, 0) is 5.41 Å². The third-order valence-corrected chi connectivity index (χ3v) is 2.60. The summed E-state index contributed by atoms with van der Waals surface area (Å²) in [4.78, 5) is 8.46. The second kappa shape index (κ2) is 5.25. The van der Waals surface area contributed by atoms with Crippen molar-refractivity contribution in [1.82, 2.24) is 9.97 Å². The van der Waals surface area contributed by atoms with Crippen LogP contribution in [0.5, 0.6) is 11.6 Å². The van der Waals surface area contributed by atoms with Crippen molar-refractivity contribution in [3.8, 4) is 17.7 Å². The van der Waals surface area contributed by atoms with Crippen LogP contribution >= 0.6 is 0 Å². The van der Waals surface area contributed by atoms with Crippen LogP contribution in [0.4, 0.5) is 4.39 Å². The summed E-state index contributed by atoms with van der Waals surface area (Å²) in [6.45, 7) is 5.94. The van der Waals surface area contributed by atoms with Crippen molar-refractivity contribution in [1.29, 1.82) is 5.26 Å². The molecule has 1 heterocycles. The average Bonchev–Trinajstić information content (AvgIpc) is 2.38. The van der Waals surface area contributed by atoms with Crippen LogP contribution in [0.15, 0.2) is 30.5 Å². The number of nitrogens with zero attached hydrogens (tertiary/aromatic N) is 3. The van der Waals surface area contributed by atoms with Crippen molar-refractivity contribution in [3.63, 3.8) is 0 Å². The highest BCUT2D eigenvalue weighted by atomic mass is 19.1. The molecule has 20 heavy (non-hydrogen) atoms. The molecule has 1 aromatic heterocycles. The minimum absolute atomic E-state index is 0.136. The number of aromatic nitrogens is 2. The van der Waals surface area contributed by atoms with Gasteiger partial charge in [0, 0.05) is 17.7 Å². The third kappa shape index (κ3) is 2.91. The fourth-order valence-electron chi connectivity index (χ4n) is 1.57. The van der Waals surface area contributed by atoms with Crippen molar-refractivity contribution >= 4 is 0 Å². The Labute approximate surface area is 116 Å². The van der Waals surface area contributed by atoms with E-state index in [-0.39, 0.29) is 22.6 Å². The van der Waals surface area contributed by atoms with E-state index in [1.165, 1.54) is 18.2 Å². The molecule has 4 nitrogen and oxygen atoms in total. The minimum atomic E-state index is -0.616. The molecular formula is C15H14FN3O. The van der Waals surface area contributed by atoms with E-state index in [0.717, 1.165) is 0 Å². The van der Waals surface area contributed by atoms with E-state index in [1.54, 1.807) is 18.3 Å². The zero-order valence-corrected chi connectivity index (χ0v) is 11.5. The van der Waals surface area contributed by atoms with E-state index >= 15 is 0 Å². The number of benzene rings is 1. The molecule has 5 heteroatoms. The second-order valence-corrected chi connectivity index (χ2v) is 5.30. The van der Waals surface area contributed by atoms with Gasteiger partial charge in [0.2, 0.25) is 5.88 Å². The lowest BCUT2D eigenvalue weighted by atomic mass is 9.96. The Bertz CT molecular complexity index is 672. The molecule has 0 aliphatic rings. The Morgan fingerprint density at radius 3 is 2.65 bits per heavy atom. The van der Waals surface area contributed by atoms with Crippen LogP contribution < -0.4 is 4.74 Å². The Morgan fingerprint density at radius 2 is 2.00 bits per heavy atom. The average molecular weight is 271 g/mol. The summed E-state index contributed by atoms with van der Waals surface area (Å²) >= 11 is 0. The first kappa shape index (κ1) is 13.9. The zero-order valence-electron chi connectivity index (χ0n) is 11.5. The Balaban J connectivity index is 2.37. The normalized spacial score (nSPS) is 10.9. The number of hydrogen-bond donors (Lipinski definition) is 0. The van der Waals surface area contributed by atoms with E-state index in [9.17, 15) is 4.39 Å². The first-order valence-electron chi connectivity index (χ1n) is 6.12. The van der Waals surface area contributed by atoms with E-state index in [2.05, 4.69) is 9.97 Å². The maximum atomic E-state index is 13.5. The lowest BCUT2D eigenvalue weighted by Crippen LogP contribution is -2.15. The molecule has 0 saturated heterocycles. The fraction of sp³-hybridized carbons (Fsp3) is 0.267. The maximum absolute atomic E-state index is 13.5. The lowest BCUT2D eigenvalue weighted by molar-refractivity contribution is 0.440. The largest absolute Gasteiger partial charge is 0.437 e. The van der Waals surface area contributed by atoms with Gasteiger partial charge in [-0.2, -0.15) is 10.2 Å². The van der Waals surface area contributed by atoms with Gasteiger partial charge < -0.3 is 4.74 Å². The Morgan fingerprint density at radius 1 is 1.25 bits per heavy atom. The summed E-state index contributed by atoms with van der Waals surface area (Å²) in [5.74, 6) is 0.429. The van der Waals surface area contributed by atoms with Crippen LogP contribution in [0.2, 0.25) is 0 Å². The van der Waals surface area contributed by atoms with E-state index in [1.807, 2.05) is 20.8 Å². The van der Waals surface area contributed by atoms with Crippen molar-refractivity contribution in [2.45, 2.75) is 26.2 Å². The second-order valence-electron chi connectivity index (χ2n) is 5.30. The first-order chi connectivity index (χ1) is 9.41. The van der Waals surface area contributed by atoms with Crippen LogP contribution in [0.3, 0.4) is 0 Å². The highest BCUT2D eigenvalue weighted by Gasteiger charge is 2.18. The number of hydrogen-bond acceptors (Lipinski definition) is 4. The molecule has 0 bridgehead atoms. The van der Waals surface area contributed by atoms with Gasteiger partial charge in [0.05, 0.1) is 0 Å². The van der Waals surface area contributed by atoms with Gasteiger partial charge >= 0.3 is 0 Å². The fourth-order valence-corrected chi connectivity index (χ4v) is 1.57. The molecule has 0 fully saturated rings. The lowest BCUT2D eigenvalue weighted by Gasteiger charge is -2.16. The molecule has 0 N–H and O–H groups in total. The third-order valence-electron chi connectivity index (χ3n) is 2.60. The Hall–Kier alpha value is -2.48. The van der Waals surface area contributed by atoms with Gasteiger partial charge in [-0.25, -0.2) is 9.37 Å². The predicted octanol–water partition coefficient (Wildman–Crippen LogP) is 3.58. The molecule has 102 valence electrons. The highest BCUT2D eigenvalue weighted by Crippen LogP contribution is 2.26. The van der Waals surface area contributed by atoms with Gasteiger partial charge in [-0.3, -0.25) is 0 Å². The number of rotatable bonds is 2. The van der Waals surface area contributed by atoms with Crippen molar-refractivity contribution < 1.29 is 9.13 Å². The van der Waals surface area contributed by atoms with Gasteiger partial charge in [0.1, 0.15) is 29.0 Å². The molecule has 0 aliphatic carbocycles. The molecule has 2 aromatic rings. The summed E-state index contributed by atoms with van der Waals surface area (Å²) in [5.41, 5.74) is -0.359. The molecule has 2 rings (SSSR count). The van der Waals surface area contributed by atoms with Crippen molar-refractivity contribution in [2.24, 2.45) is 0 Å². The minimum Gasteiger partial charge on any atom is -0.437 e. The van der Waals surface area contributed by atoms with Gasteiger partial charge in [-0.1, -0.05) is 26.8 Å². The summed E-state index contributed by atoms with van der Waals surface area (Å²) in [6.07, 6.45) is 1.58. The SMILES string of the molecule is CC(C)(C)c1nccc(Oc2cccc(F)c2C#N)n1. The van der Waals surface area contributed by atoms with Gasteiger partial charge in [0.25, 0.3) is 0 Å². The number of ether oxygens (including phenoxy) is 1. The van der Waals surface area contributed by atoms with E-state index in [4.69, 9.17) is 10.00 Å². The van der Waals surface area contributed by atoms with Crippen LogP contribution in [0.25, 0.3) is 0 Å². The van der Waals surface area contributed by atoms with Crippen molar-refractivity contribution in [3.05, 3.63) is 47.7 Å². The molecule has 0 spiro atoms. The van der Waals surface area contributed by atoms with Gasteiger partial charge in [-0.15, -0.1) is 0 Å². The van der Waals surface area contributed by atoms with E-state index in [0.29, 0.717) is 5.82 Å². The molecule has 0 saturated carbocycles. The highest BCUT2D eigenvalue weighted by molar-refractivity contribution is 5.45. The smallest absolute Gasteiger partial charge is 0.222 e. The molecular weight excluding hydrogens is 257 g/mol. The standard InChI is InChI=1S/C15H14FN3O/c1-15(2,3)14-18-8-7-13(19-14)20-12-6-4-5-11(16)10(12)9-17/h4-8H,1-3H3. The zero-order chi connectivity index (χ0) is 14.8. The summed E-state index contributed by atoms with van der Waals surface area (Å²) < 4.78 is 19.0. The maximum Gasteiger partial charge on any atom is 0.222 e. The molecule has 0 radical (unpaired) electrons. The number of halogens is 1.